The van der Waals surface area contributed by atoms with E-state index in [-0.39, 0.29) is 36.1 Å². The molecular formula is C18H31Cl2N3O2. The fourth-order valence-electron chi connectivity index (χ4n) is 2.70. The van der Waals surface area contributed by atoms with Crippen molar-refractivity contribution < 1.29 is 9.53 Å². The second kappa shape index (κ2) is 10.2. The third-order valence-electron chi connectivity index (χ3n) is 4.33. The van der Waals surface area contributed by atoms with E-state index in [4.69, 9.17) is 10.5 Å². The molecule has 0 spiro atoms. The number of rotatable bonds is 4. The van der Waals surface area contributed by atoms with Crippen LogP contribution in [0.3, 0.4) is 0 Å². The number of nitrogens with two attached hydrogens (primary N) is 1. The first-order valence-corrected chi connectivity index (χ1v) is 8.22. The highest BCUT2D eigenvalue weighted by atomic mass is 35.5. The third-order valence-corrected chi connectivity index (χ3v) is 4.33. The van der Waals surface area contributed by atoms with Crippen LogP contribution in [0.5, 0.6) is 0 Å². The van der Waals surface area contributed by atoms with Crippen molar-refractivity contribution in [1.29, 1.82) is 0 Å². The Morgan fingerprint density at radius 1 is 1.24 bits per heavy atom. The highest BCUT2D eigenvalue weighted by Gasteiger charge is 2.30. The maximum Gasteiger partial charge on any atom is 0.240 e. The van der Waals surface area contributed by atoms with Crippen molar-refractivity contribution in [2.75, 3.05) is 38.3 Å². The fraction of sp³-hybridized carbons (Fsp3) is 0.611. The third kappa shape index (κ3) is 6.33. The lowest BCUT2D eigenvalue weighted by atomic mass is 9.86. The van der Waals surface area contributed by atoms with Gasteiger partial charge in [0.05, 0.1) is 19.3 Å². The molecule has 1 aliphatic heterocycles. The summed E-state index contributed by atoms with van der Waals surface area (Å²) in [5.41, 5.74) is 8.20. The van der Waals surface area contributed by atoms with E-state index in [2.05, 4.69) is 17.0 Å². The molecule has 0 radical (unpaired) electrons. The molecule has 5 nitrogen and oxygen atoms in total. The van der Waals surface area contributed by atoms with Crippen molar-refractivity contribution in [3.8, 4) is 0 Å². The lowest BCUT2D eigenvalue weighted by molar-refractivity contribution is -0.134. The van der Waals surface area contributed by atoms with Crippen LogP contribution in [0.15, 0.2) is 24.3 Å². The van der Waals surface area contributed by atoms with E-state index in [0.717, 1.165) is 31.9 Å². The Balaban J connectivity index is 0.00000288. The molecular weight excluding hydrogens is 361 g/mol. The molecule has 0 aliphatic carbocycles. The van der Waals surface area contributed by atoms with Crippen LogP contribution >= 0.6 is 24.8 Å². The molecule has 1 amide bonds. The minimum absolute atomic E-state index is 0. The molecule has 0 unspecified atom stereocenters. The summed E-state index contributed by atoms with van der Waals surface area (Å²) in [7, 11) is 1.82. The summed E-state index contributed by atoms with van der Waals surface area (Å²) < 4.78 is 5.43. The van der Waals surface area contributed by atoms with Crippen LogP contribution in [-0.2, 0) is 16.1 Å². The minimum Gasteiger partial charge on any atom is -0.378 e. The van der Waals surface area contributed by atoms with Crippen molar-refractivity contribution >= 4 is 36.4 Å². The van der Waals surface area contributed by atoms with Crippen LogP contribution in [0, 0.1) is 5.41 Å². The number of amides is 1. The van der Waals surface area contributed by atoms with Gasteiger partial charge in [-0.15, -0.1) is 24.8 Å². The normalized spacial score (nSPS) is 15.6. The van der Waals surface area contributed by atoms with Gasteiger partial charge in [-0.1, -0.05) is 39.0 Å². The summed E-state index contributed by atoms with van der Waals surface area (Å²) in [6.07, 6.45) is 0. The molecule has 1 aromatic rings. The Bertz CT molecular complexity index is 543. The monoisotopic (exact) mass is 391 g/mol. The van der Waals surface area contributed by atoms with Gasteiger partial charge in [-0.3, -0.25) is 4.79 Å². The number of anilines is 1. The van der Waals surface area contributed by atoms with Crippen LogP contribution in [-0.4, -0.2) is 50.2 Å². The number of hydrogen-bond acceptors (Lipinski definition) is 4. The van der Waals surface area contributed by atoms with E-state index < -0.39 is 6.04 Å². The summed E-state index contributed by atoms with van der Waals surface area (Å²) >= 11 is 0. The molecule has 1 heterocycles. The molecule has 7 heteroatoms. The molecule has 1 aromatic carbocycles. The summed E-state index contributed by atoms with van der Waals surface area (Å²) in [4.78, 5) is 16.6. The molecule has 144 valence electrons. The molecule has 1 aliphatic rings. The Hall–Kier alpha value is -1.01. The summed E-state index contributed by atoms with van der Waals surface area (Å²) in [6.45, 7) is 9.81. The number of hydrogen-bond donors (Lipinski definition) is 1. The lowest BCUT2D eigenvalue weighted by Crippen LogP contribution is -2.49. The molecule has 1 fully saturated rings. The van der Waals surface area contributed by atoms with E-state index in [1.807, 2.05) is 40.0 Å². The van der Waals surface area contributed by atoms with Crippen LogP contribution < -0.4 is 10.6 Å². The standard InChI is InChI=1S/C18H29N3O2.2ClH/c1-18(2,3)16(19)17(22)20(4)13-14-7-5-6-8-15(14)21-9-11-23-12-10-21;;/h5-8,16H,9-13,19H2,1-4H3;2*1H/t16-;;/m1../s1. The highest BCUT2D eigenvalue weighted by molar-refractivity contribution is 5.85. The predicted molar refractivity (Wildman–Crippen MR) is 108 cm³/mol. The van der Waals surface area contributed by atoms with E-state index >= 15 is 0 Å². The zero-order valence-corrected chi connectivity index (χ0v) is 17.2. The van der Waals surface area contributed by atoms with Gasteiger partial charge >= 0.3 is 0 Å². The number of carbonyl (C=O) groups is 1. The molecule has 0 bridgehead atoms. The predicted octanol–water partition coefficient (Wildman–Crippen LogP) is 2.70. The summed E-state index contributed by atoms with van der Waals surface area (Å²) in [5.74, 6) is -0.0192. The van der Waals surface area contributed by atoms with E-state index in [0.29, 0.717) is 6.54 Å². The summed E-state index contributed by atoms with van der Waals surface area (Å²) in [5, 5.41) is 0. The first kappa shape index (κ1) is 24.0. The van der Waals surface area contributed by atoms with Gasteiger partial charge in [-0.05, 0) is 17.0 Å². The van der Waals surface area contributed by atoms with Gasteiger partial charge in [0.25, 0.3) is 0 Å². The number of morpholine rings is 1. The Kier molecular flexibility index (Phi) is 9.80. The number of halogens is 2. The number of carbonyl (C=O) groups excluding carboxylic acids is 1. The number of ether oxygens (including phenoxy) is 1. The zero-order valence-electron chi connectivity index (χ0n) is 15.5. The van der Waals surface area contributed by atoms with Crippen LogP contribution in [0.4, 0.5) is 5.69 Å². The van der Waals surface area contributed by atoms with Gasteiger partial charge in [0.1, 0.15) is 0 Å². The number of nitrogens with zero attached hydrogens (tertiary/aromatic N) is 2. The van der Waals surface area contributed by atoms with Gasteiger partial charge in [-0.2, -0.15) is 0 Å². The molecule has 2 N–H and O–H groups in total. The molecule has 1 saturated heterocycles. The molecule has 2 rings (SSSR count). The van der Waals surface area contributed by atoms with Crippen LogP contribution in [0.1, 0.15) is 26.3 Å². The SMILES string of the molecule is CN(Cc1ccccc1N1CCOCC1)C(=O)[C@@H](N)C(C)(C)C.Cl.Cl. The first-order chi connectivity index (χ1) is 10.8. The topological polar surface area (TPSA) is 58.8 Å². The lowest BCUT2D eigenvalue weighted by Gasteiger charge is -2.33. The average molecular weight is 392 g/mol. The van der Waals surface area contributed by atoms with E-state index in [1.54, 1.807) is 4.90 Å². The number of para-hydroxylation sites is 1. The second-order valence-corrected chi connectivity index (χ2v) is 7.27. The van der Waals surface area contributed by atoms with Crippen LogP contribution in [0.25, 0.3) is 0 Å². The quantitative estimate of drug-likeness (QED) is 0.856. The number of benzene rings is 1. The van der Waals surface area contributed by atoms with Crippen molar-refractivity contribution in [3.63, 3.8) is 0 Å². The largest absolute Gasteiger partial charge is 0.378 e. The van der Waals surface area contributed by atoms with Crippen molar-refractivity contribution in [3.05, 3.63) is 29.8 Å². The van der Waals surface area contributed by atoms with Gasteiger partial charge in [0, 0.05) is 32.4 Å². The Labute approximate surface area is 163 Å². The smallest absolute Gasteiger partial charge is 0.240 e. The zero-order chi connectivity index (χ0) is 17.0. The van der Waals surface area contributed by atoms with Crippen molar-refractivity contribution in [2.24, 2.45) is 11.1 Å². The van der Waals surface area contributed by atoms with E-state index in [1.165, 1.54) is 5.69 Å². The van der Waals surface area contributed by atoms with Crippen molar-refractivity contribution in [2.45, 2.75) is 33.4 Å². The van der Waals surface area contributed by atoms with Crippen molar-refractivity contribution in [1.82, 2.24) is 4.90 Å². The summed E-state index contributed by atoms with van der Waals surface area (Å²) in [6, 6.07) is 7.75. The fourth-order valence-corrected chi connectivity index (χ4v) is 2.70. The second-order valence-electron chi connectivity index (χ2n) is 7.27. The molecule has 0 aromatic heterocycles. The molecule has 25 heavy (non-hydrogen) atoms. The van der Waals surface area contributed by atoms with Gasteiger partial charge < -0.3 is 20.3 Å². The maximum absolute atomic E-state index is 12.5. The Morgan fingerprint density at radius 3 is 2.36 bits per heavy atom. The van der Waals surface area contributed by atoms with Crippen LogP contribution in [0.2, 0.25) is 0 Å². The maximum atomic E-state index is 12.5. The number of likely N-dealkylation sites (N-methyl/N-ethyl adjacent to an activating group) is 1. The van der Waals surface area contributed by atoms with Gasteiger partial charge in [-0.25, -0.2) is 0 Å². The minimum atomic E-state index is -0.497. The Morgan fingerprint density at radius 2 is 1.80 bits per heavy atom. The highest BCUT2D eigenvalue weighted by Crippen LogP contribution is 2.24. The molecule has 0 saturated carbocycles. The first-order valence-electron chi connectivity index (χ1n) is 8.22. The van der Waals surface area contributed by atoms with E-state index in [9.17, 15) is 4.79 Å². The van der Waals surface area contributed by atoms with Gasteiger partial charge in [0.15, 0.2) is 0 Å². The van der Waals surface area contributed by atoms with Gasteiger partial charge in [0.2, 0.25) is 5.91 Å². The average Bonchev–Trinajstić information content (AvgIpc) is 2.54. The molecule has 1 atom stereocenters.